The number of nitrogens with zero attached hydrogens (tertiary/aromatic N) is 4. The number of aromatic nitrogens is 4. The zero-order valence-electron chi connectivity index (χ0n) is 10.0. The van der Waals surface area contributed by atoms with Crippen LogP contribution in [-0.2, 0) is 4.74 Å². The SMILES string of the molecule is OCC1OC(n2cnc3c(S)nc(O)nc32)C(O)C1O. The van der Waals surface area contributed by atoms with E-state index in [1.165, 1.54) is 10.9 Å². The molecule has 1 fully saturated rings. The van der Waals surface area contributed by atoms with Crippen LogP contribution in [0.3, 0.4) is 0 Å². The molecule has 0 amide bonds. The van der Waals surface area contributed by atoms with Crippen molar-refractivity contribution >= 4 is 23.8 Å². The maximum Gasteiger partial charge on any atom is 0.317 e. The Morgan fingerprint density at radius 2 is 2.05 bits per heavy atom. The number of aromatic hydroxyl groups is 1. The lowest BCUT2D eigenvalue weighted by Gasteiger charge is -2.16. The first-order valence-corrected chi connectivity index (χ1v) is 6.22. The van der Waals surface area contributed by atoms with Gasteiger partial charge in [0.2, 0.25) is 0 Å². The van der Waals surface area contributed by atoms with E-state index in [1.807, 2.05) is 0 Å². The lowest BCUT2D eigenvalue weighted by molar-refractivity contribution is -0.0511. The van der Waals surface area contributed by atoms with Crippen LogP contribution in [0.1, 0.15) is 6.23 Å². The van der Waals surface area contributed by atoms with Gasteiger partial charge in [0, 0.05) is 0 Å². The van der Waals surface area contributed by atoms with Gasteiger partial charge in [-0.2, -0.15) is 9.97 Å². The van der Waals surface area contributed by atoms with Gasteiger partial charge in [-0.15, -0.1) is 12.6 Å². The summed E-state index contributed by atoms with van der Waals surface area (Å²) in [5.74, 6) is 0. The average molecular weight is 300 g/mol. The number of rotatable bonds is 2. The fourth-order valence-electron chi connectivity index (χ4n) is 2.19. The van der Waals surface area contributed by atoms with E-state index in [1.54, 1.807) is 0 Å². The molecule has 2 aromatic heterocycles. The average Bonchev–Trinajstić information content (AvgIpc) is 2.93. The molecular weight excluding hydrogens is 288 g/mol. The van der Waals surface area contributed by atoms with Crippen molar-refractivity contribution in [2.45, 2.75) is 29.6 Å². The molecular formula is C10H12N4O5S. The molecule has 4 unspecified atom stereocenters. The van der Waals surface area contributed by atoms with Gasteiger partial charge < -0.3 is 25.2 Å². The summed E-state index contributed by atoms with van der Waals surface area (Å²) in [6.45, 7) is -0.431. The molecule has 0 aromatic carbocycles. The molecule has 0 saturated carbocycles. The third-order valence-electron chi connectivity index (χ3n) is 3.18. The molecule has 0 aliphatic carbocycles. The van der Waals surface area contributed by atoms with Crippen molar-refractivity contribution in [3.05, 3.63) is 6.33 Å². The largest absolute Gasteiger partial charge is 0.479 e. The Bertz CT molecular complexity index is 650. The molecule has 0 radical (unpaired) electrons. The fourth-order valence-corrected chi connectivity index (χ4v) is 2.43. The van der Waals surface area contributed by atoms with Crippen LogP contribution in [0.5, 0.6) is 6.01 Å². The van der Waals surface area contributed by atoms with E-state index in [0.29, 0.717) is 5.52 Å². The molecule has 2 aromatic rings. The van der Waals surface area contributed by atoms with Crippen molar-refractivity contribution in [1.29, 1.82) is 0 Å². The number of aliphatic hydroxyl groups excluding tert-OH is 3. The van der Waals surface area contributed by atoms with Crippen molar-refractivity contribution < 1.29 is 25.2 Å². The molecule has 1 saturated heterocycles. The van der Waals surface area contributed by atoms with Crippen LogP contribution in [0.2, 0.25) is 0 Å². The number of hydrogen-bond acceptors (Lipinski definition) is 9. The van der Waals surface area contributed by atoms with Gasteiger partial charge in [-0.1, -0.05) is 0 Å². The van der Waals surface area contributed by atoms with Gasteiger partial charge in [0.1, 0.15) is 28.9 Å². The van der Waals surface area contributed by atoms with Crippen LogP contribution < -0.4 is 0 Å². The smallest absolute Gasteiger partial charge is 0.317 e. The van der Waals surface area contributed by atoms with E-state index >= 15 is 0 Å². The molecule has 1 aliphatic heterocycles. The summed E-state index contributed by atoms with van der Waals surface area (Å²) in [4.78, 5) is 11.5. The van der Waals surface area contributed by atoms with Gasteiger partial charge >= 0.3 is 6.01 Å². The number of thiol groups is 1. The quantitative estimate of drug-likeness (QED) is 0.332. The maximum absolute atomic E-state index is 9.97. The van der Waals surface area contributed by atoms with Crippen LogP contribution in [0, 0.1) is 0 Å². The zero-order chi connectivity index (χ0) is 14.4. The predicted octanol–water partition coefficient (Wildman–Crippen LogP) is -1.57. The summed E-state index contributed by atoms with van der Waals surface area (Å²) < 4.78 is 6.72. The number of aliphatic hydroxyl groups is 3. The van der Waals surface area contributed by atoms with Gasteiger partial charge in [-0.25, -0.2) is 4.98 Å². The first kappa shape index (κ1) is 13.5. The van der Waals surface area contributed by atoms with Gasteiger partial charge in [0.15, 0.2) is 11.9 Å². The van der Waals surface area contributed by atoms with Crippen LogP contribution >= 0.6 is 12.6 Å². The minimum absolute atomic E-state index is 0.179. The normalized spacial score (nSPS) is 30.2. The molecule has 4 N–H and O–H groups in total. The molecule has 1 aliphatic rings. The molecule has 3 rings (SSSR count). The summed E-state index contributed by atoms with van der Waals surface area (Å²) in [5.41, 5.74) is 0.529. The minimum Gasteiger partial charge on any atom is -0.479 e. The van der Waals surface area contributed by atoms with Crippen LogP contribution in [0.4, 0.5) is 0 Å². The Kier molecular flexibility index (Phi) is 3.26. The van der Waals surface area contributed by atoms with Crippen molar-refractivity contribution in [2.75, 3.05) is 6.61 Å². The van der Waals surface area contributed by atoms with Crippen molar-refractivity contribution in [1.82, 2.24) is 19.5 Å². The number of hydrogen-bond donors (Lipinski definition) is 5. The second kappa shape index (κ2) is 4.82. The molecule has 0 spiro atoms. The molecule has 9 nitrogen and oxygen atoms in total. The summed E-state index contributed by atoms with van der Waals surface area (Å²) >= 11 is 4.07. The highest BCUT2D eigenvalue weighted by atomic mass is 32.1. The van der Waals surface area contributed by atoms with E-state index in [2.05, 4.69) is 27.6 Å². The lowest BCUT2D eigenvalue weighted by Crippen LogP contribution is -2.33. The summed E-state index contributed by atoms with van der Waals surface area (Å²) in [5, 5.41) is 38.4. The van der Waals surface area contributed by atoms with Crippen LogP contribution in [-0.4, -0.2) is 64.9 Å². The van der Waals surface area contributed by atoms with Crippen molar-refractivity contribution in [3.8, 4) is 6.01 Å². The molecule has 3 heterocycles. The molecule has 4 atom stereocenters. The number of ether oxygens (including phenoxy) is 1. The lowest BCUT2D eigenvalue weighted by atomic mass is 10.1. The van der Waals surface area contributed by atoms with E-state index in [-0.39, 0.29) is 10.7 Å². The van der Waals surface area contributed by atoms with Gasteiger partial charge in [0.05, 0.1) is 12.9 Å². The summed E-state index contributed by atoms with van der Waals surface area (Å²) in [7, 11) is 0. The Balaban J connectivity index is 2.07. The Hall–Kier alpha value is -1.46. The first-order valence-electron chi connectivity index (χ1n) is 5.78. The standard InChI is InChI=1S/C10H12N4O5S/c15-1-3-5(16)6(17)9(19-3)14-2-11-4-7(14)12-10(18)13-8(4)20/h2-3,5-6,9,15-17H,1H2,(H2,12,13,18,20). The second-order valence-electron chi connectivity index (χ2n) is 4.40. The van der Waals surface area contributed by atoms with Gasteiger partial charge in [-0.05, 0) is 0 Å². The van der Waals surface area contributed by atoms with E-state index in [9.17, 15) is 15.3 Å². The van der Waals surface area contributed by atoms with Gasteiger partial charge in [-0.3, -0.25) is 4.57 Å². The van der Waals surface area contributed by atoms with Crippen molar-refractivity contribution in [2.24, 2.45) is 0 Å². The number of imidazole rings is 1. The highest BCUT2D eigenvalue weighted by Crippen LogP contribution is 2.32. The number of fused-ring (bicyclic) bond motifs is 1. The summed E-state index contributed by atoms with van der Waals surface area (Å²) in [6.07, 6.45) is -3.04. The van der Waals surface area contributed by atoms with E-state index < -0.39 is 37.2 Å². The monoisotopic (exact) mass is 300 g/mol. The first-order chi connectivity index (χ1) is 9.52. The van der Waals surface area contributed by atoms with E-state index in [0.717, 1.165) is 0 Å². The van der Waals surface area contributed by atoms with E-state index in [4.69, 9.17) is 9.84 Å². The topological polar surface area (TPSA) is 134 Å². The Morgan fingerprint density at radius 1 is 1.30 bits per heavy atom. The summed E-state index contributed by atoms with van der Waals surface area (Å²) in [6, 6.07) is -0.490. The Morgan fingerprint density at radius 3 is 2.70 bits per heavy atom. The molecule has 20 heavy (non-hydrogen) atoms. The Labute approximate surface area is 117 Å². The zero-order valence-corrected chi connectivity index (χ0v) is 10.9. The van der Waals surface area contributed by atoms with Gasteiger partial charge in [0.25, 0.3) is 0 Å². The van der Waals surface area contributed by atoms with Crippen LogP contribution in [0.15, 0.2) is 11.4 Å². The minimum atomic E-state index is -1.26. The second-order valence-corrected chi connectivity index (χ2v) is 4.82. The fraction of sp³-hybridized carbons (Fsp3) is 0.500. The predicted molar refractivity (Wildman–Crippen MR) is 67.2 cm³/mol. The maximum atomic E-state index is 9.97. The van der Waals surface area contributed by atoms with Crippen LogP contribution in [0.25, 0.3) is 11.2 Å². The third-order valence-corrected chi connectivity index (χ3v) is 3.49. The molecule has 0 bridgehead atoms. The molecule has 108 valence electrons. The highest BCUT2D eigenvalue weighted by molar-refractivity contribution is 7.80. The molecule has 10 heteroatoms. The highest BCUT2D eigenvalue weighted by Gasteiger charge is 2.44. The van der Waals surface area contributed by atoms with Crippen molar-refractivity contribution in [3.63, 3.8) is 0 Å². The third kappa shape index (κ3) is 1.93.